The Bertz CT molecular complexity index is 737. The van der Waals surface area contributed by atoms with Crippen LogP contribution >= 0.6 is 23.4 Å². The maximum atomic E-state index is 12.2. The first-order valence-electron chi connectivity index (χ1n) is 6.44. The lowest BCUT2D eigenvalue weighted by Gasteiger charge is -2.17. The molecule has 108 valence electrons. The summed E-state index contributed by atoms with van der Waals surface area (Å²) in [6.07, 6.45) is 0.334. The molecule has 2 aromatic rings. The number of rotatable bonds is 2. The molecule has 1 saturated heterocycles. The molecule has 1 aromatic heterocycles. The first-order chi connectivity index (χ1) is 10.0. The summed E-state index contributed by atoms with van der Waals surface area (Å²) in [5, 5.41) is 0.866. The van der Waals surface area contributed by atoms with Gasteiger partial charge in [0.2, 0.25) is 11.2 Å². The van der Waals surface area contributed by atoms with Crippen LogP contribution in [0, 0.1) is 0 Å². The topological polar surface area (TPSA) is 63.2 Å². The number of halogens is 1. The van der Waals surface area contributed by atoms with E-state index in [1.807, 2.05) is 24.3 Å². The van der Waals surface area contributed by atoms with Crippen molar-refractivity contribution in [3.8, 4) is 0 Å². The molecule has 1 fully saturated rings. The first-order valence-corrected chi connectivity index (χ1v) is 7.70. The molecule has 1 amide bonds. The van der Waals surface area contributed by atoms with Gasteiger partial charge >= 0.3 is 0 Å². The van der Waals surface area contributed by atoms with Crippen LogP contribution in [-0.4, -0.2) is 32.8 Å². The Kier molecular flexibility index (Phi) is 3.82. The van der Waals surface area contributed by atoms with Crippen molar-refractivity contribution in [2.45, 2.75) is 18.6 Å². The van der Waals surface area contributed by atoms with E-state index in [9.17, 15) is 9.59 Å². The standard InChI is InChI=1S/C14H12ClN3O2S/c1-8(19)21-9-6-12(20)18(7-9)13-10-4-2-3-5-11(10)16-14(15)17-13/h2-5,9H,6-7H2,1H3. The second-order valence-corrected chi connectivity index (χ2v) is 6.59. The number of benzene rings is 1. The van der Waals surface area contributed by atoms with Crippen molar-refractivity contribution in [3.05, 3.63) is 29.5 Å². The molecule has 21 heavy (non-hydrogen) atoms. The largest absolute Gasteiger partial charge is 0.295 e. The minimum atomic E-state index is -0.0475. The van der Waals surface area contributed by atoms with Gasteiger partial charge in [0.05, 0.1) is 5.52 Å². The van der Waals surface area contributed by atoms with Crippen molar-refractivity contribution >= 4 is 51.1 Å². The molecule has 1 aliphatic rings. The zero-order valence-electron chi connectivity index (χ0n) is 11.2. The van der Waals surface area contributed by atoms with E-state index in [-0.39, 0.29) is 21.6 Å². The average Bonchev–Trinajstić information content (AvgIpc) is 2.77. The molecule has 1 aliphatic heterocycles. The summed E-state index contributed by atoms with van der Waals surface area (Å²) in [6, 6.07) is 7.41. The molecule has 0 saturated carbocycles. The molecular formula is C14H12ClN3O2S. The number of hydrogen-bond donors (Lipinski definition) is 0. The smallest absolute Gasteiger partial charge is 0.229 e. The van der Waals surface area contributed by atoms with Crippen LogP contribution < -0.4 is 4.90 Å². The third-order valence-electron chi connectivity index (χ3n) is 3.23. The SMILES string of the molecule is CC(=O)SC1CC(=O)N(c2nc(Cl)nc3ccccc23)C1. The quantitative estimate of drug-likeness (QED) is 0.796. The fraction of sp³-hybridized carbons (Fsp3) is 0.286. The zero-order valence-corrected chi connectivity index (χ0v) is 12.8. The van der Waals surface area contributed by atoms with E-state index in [4.69, 9.17) is 11.6 Å². The Morgan fingerprint density at radius 1 is 1.38 bits per heavy atom. The van der Waals surface area contributed by atoms with Crippen LogP contribution in [0.3, 0.4) is 0 Å². The Labute approximate surface area is 130 Å². The third-order valence-corrected chi connectivity index (χ3v) is 4.38. The molecule has 0 spiro atoms. The molecule has 0 N–H and O–H groups in total. The van der Waals surface area contributed by atoms with Gasteiger partial charge in [-0.3, -0.25) is 14.5 Å². The Hall–Kier alpha value is -1.66. The lowest BCUT2D eigenvalue weighted by atomic mass is 10.2. The van der Waals surface area contributed by atoms with Crippen LogP contribution in [0.1, 0.15) is 13.3 Å². The van der Waals surface area contributed by atoms with Crippen LogP contribution in [-0.2, 0) is 9.59 Å². The zero-order chi connectivity index (χ0) is 15.0. The molecule has 0 radical (unpaired) electrons. The Morgan fingerprint density at radius 2 is 2.14 bits per heavy atom. The van der Waals surface area contributed by atoms with Crippen molar-refractivity contribution in [1.82, 2.24) is 9.97 Å². The molecule has 5 nitrogen and oxygen atoms in total. The van der Waals surface area contributed by atoms with Gasteiger partial charge in [0.25, 0.3) is 0 Å². The number of amides is 1. The fourth-order valence-electron chi connectivity index (χ4n) is 2.43. The number of nitrogens with zero attached hydrogens (tertiary/aromatic N) is 3. The number of thioether (sulfide) groups is 1. The summed E-state index contributed by atoms with van der Waals surface area (Å²) in [4.78, 5) is 33.4. The first kappa shape index (κ1) is 14.3. The third kappa shape index (κ3) is 2.87. The lowest BCUT2D eigenvalue weighted by Crippen LogP contribution is -2.26. The van der Waals surface area contributed by atoms with Gasteiger partial charge in [-0.1, -0.05) is 23.9 Å². The van der Waals surface area contributed by atoms with Gasteiger partial charge in [0.1, 0.15) is 5.82 Å². The molecule has 3 rings (SSSR count). The number of anilines is 1. The Balaban J connectivity index is 2.00. The number of aromatic nitrogens is 2. The minimum Gasteiger partial charge on any atom is -0.295 e. The summed E-state index contributed by atoms with van der Waals surface area (Å²) in [5.41, 5.74) is 0.697. The summed E-state index contributed by atoms with van der Waals surface area (Å²) in [5.74, 6) is 0.468. The van der Waals surface area contributed by atoms with Crippen molar-refractivity contribution in [2.24, 2.45) is 0 Å². The highest BCUT2D eigenvalue weighted by Crippen LogP contribution is 2.32. The van der Waals surface area contributed by atoms with Gasteiger partial charge in [-0.15, -0.1) is 0 Å². The summed E-state index contributed by atoms with van der Waals surface area (Å²) in [6.45, 7) is 1.97. The van der Waals surface area contributed by atoms with Crippen molar-refractivity contribution in [1.29, 1.82) is 0 Å². The summed E-state index contributed by atoms with van der Waals surface area (Å²) < 4.78 is 0. The van der Waals surface area contributed by atoms with E-state index in [0.717, 1.165) is 5.39 Å². The second kappa shape index (κ2) is 5.61. The highest BCUT2D eigenvalue weighted by atomic mass is 35.5. The van der Waals surface area contributed by atoms with E-state index in [1.54, 1.807) is 4.90 Å². The number of carbonyl (C=O) groups is 2. The molecular weight excluding hydrogens is 310 g/mol. The number of hydrogen-bond acceptors (Lipinski definition) is 5. The van der Waals surface area contributed by atoms with Gasteiger partial charge in [0.15, 0.2) is 5.12 Å². The van der Waals surface area contributed by atoms with Crippen molar-refractivity contribution in [2.75, 3.05) is 11.4 Å². The van der Waals surface area contributed by atoms with Gasteiger partial charge in [0, 0.05) is 30.5 Å². The molecule has 1 aromatic carbocycles. The fourth-order valence-corrected chi connectivity index (χ4v) is 3.52. The molecule has 1 unspecified atom stereocenters. The van der Waals surface area contributed by atoms with E-state index in [2.05, 4.69) is 9.97 Å². The maximum absolute atomic E-state index is 12.2. The maximum Gasteiger partial charge on any atom is 0.229 e. The Morgan fingerprint density at radius 3 is 2.90 bits per heavy atom. The average molecular weight is 322 g/mol. The van der Waals surface area contributed by atoms with Gasteiger partial charge in [-0.2, -0.15) is 4.98 Å². The highest BCUT2D eigenvalue weighted by molar-refractivity contribution is 8.14. The number of fused-ring (bicyclic) bond motifs is 1. The predicted octanol–water partition coefficient (Wildman–Crippen LogP) is 2.67. The van der Waals surface area contributed by atoms with Gasteiger partial charge in [-0.05, 0) is 23.7 Å². The van der Waals surface area contributed by atoms with Crippen molar-refractivity contribution in [3.63, 3.8) is 0 Å². The minimum absolute atomic E-state index is 0.0141. The number of para-hydroxylation sites is 1. The van der Waals surface area contributed by atoms with Crippen LogP contribution in [0.4, 0.5) is 5.82 Å². The van der Waals surface area contributed by atoms with E-state index >= 15 is 0 Å². The molecule has 1 atom stereocenters. The molecule has 0 aliphatic carbocycles. The predicted molar refractivity (Wildman–Crippen MR) is 83.6 cm³/mol. The number of carbonyl (C=O) groups excluding carboxylic acids is 2. The lowest BCUT2D eigenvalue weighted by molar-refractivity contribution is -0.117. The van der Waals surface area contributed by atoms with E-state index in [1.165, 1.54) is 18.7 Å². The molecule has 2 heterocycles. The van der Waals surface area contributed by atoms with E-state index in [0.29, 0.717) is 24.3 Å². The van der Waals surface area contributed by atoms with E-state index < -0.39 is 0 Å². The molecule has 0 bridgehead atoms. The van der Waals surface area contributed by atoms with Crippen molar-refractivity contribution < 1.29 is 9.59 Å². The summed E-state index contributed by atoms with van der Waals surface area (Å²) >= 11 is 7.15. The normalized spacial score (nSPS) is 18.5. The van der Waals surface area contributed by atoms with Crippen LogP contribution in [0.15, 0.2) is 24.3 Å². The molecule has 7 heteroatoms. The van der Waals surface area contributed by atoms with Crippen LogP contribution in [0.25, 0.3) is 10.9 Å². The second-order valence-electron chi connectivity index (χ2n) is 4.77. The van der Waals surface area contributed by atoms with Gasteiger partial charge in [-0.25, -0.2) is 4.98 Å². The van der Waals surface area contributed by atoms with Crippen LogP contribution in [0.5, 0.6) is 0 Å². The summed E-state index contributed by atoms with van der Waals surface area (Å²) in [7, 11) is 0. The van der Waals surface area contributed by atoms with Crippen LogP contribution in [0.2, 0.25) is 5.28 Å². The highest BCUT2D eigenvalue weighted by Gasteiger charge is 2.33. The van der Waals surface area contributed by atoms with Gasteiger partial charge < -0.3 is 0 Å². The monoisotopic (exact) mass is 321 g/mol.